The van der Waals surface area contributed by atoms with Crippen molar-refractivity contribution in [2.75, 3.05) is 19.6 Å². The van der Waals surface area contributed by atoms with Gasteiger partial charge in [0, 0.05) is 12.1 Å². The molecule has 0 heterocycles. The van der Waals surface area contributed by atoms with Crippen LogP contribution in [0.25, 0.3) is 0 Å². The molecule has 17 heavy (non-hydrogen) atoms. The lowest BCUT2D eigenvalue weighted by Crippen LogP contribution is -2.26. The minimum atomic E-state index is -0.706. The van der Waals surface area contributed by atoms with Crippen molar-refractivity contribution in [2.45, 2.75) is 32.8 Å². The molecule has 1 aromatic rings. The molecule has 0 aromatic heterocycles. The Morgan fingerprint density at radius 3 is 2.53 bits per heavy atom. The SMILES string of the molecule is CCCN(CC)CCC(O)c1ccccc1F. The summed E-state index contributed by atoms with van der Waals surface area (Å²) in [6.45, 7) is 7.04. The van der Waals surface area contributed by atoms with Crippen LogP contribution in [-0.2, 0) is 0 Å². The fourth-order valence-electron chi connectivity index (χ4n) is 1.95. The van der Waals surface area contributed by atoms with Crippen molar-refractivity contribution < 1.29 is 9.50 Å². The molecule has 0 radical (unpaired) electrons. The Bertz CT molecular complexity index is 330. The first-order valence-corrected chi connectivity index (χ1v) is 6.33. The minimum Gasteiger partial charge on any atom is -0.388 e. The lowest BCUT2D eigenvalue weighted by atomic mass is 10.1. The van der Waals surface area contributed by atoms with Gasteiger partial charge in [0.1, 0.15) is 5.82 Å². The Balaban J connectivity index is 2.49. The first kappa shape index (κ1) is 14.1. The summed E-state index contributed by atoms with van der Waals surface area (Å²) < 4.78 is 13.4. The molecule has 0 fully saturated rings. The highest BCUT2D eigenvalue weighted by Crippen LogP contribution is 2.19. The quantitative estimate of drug-likeness (QED) is 0.790. The predicted octanol–water partition coefficient (Wildman–Crippen LogP) is 2.98. The maximum absolute atomic E-state index is 13.4. The summed E-state index contributed by atoms with van der Waals surface area (Å²) in [5.74, 6) is -0.321. The van der Waals surface area contributed by atoms with Crippen molar-refractivity contribution in [2.24, 2.45) is 0 Å². The molecule has 0 bridgehead atoms. The molecule has 1 N–H and O–H groups in total. The zero-order chi connectivity index (χ0) is 12.7. The van der Waals surface area contributed by atoms with Crippen molar-refractivity contribution in [1.29, 1.82) is 0 Å². The topological polar surface area (TPSA) is 23.5 Å². The molecule has 3 heteroatoms. The van der Waals surface area contributed by atoms with E-state index < -0.39 is 6.10 Å². The van der Waals surface area contributed by atoms with Crippen LogP contribution < -0.4 is 0 Å². The van der Waals surface area contributed by atoms with Gasteiger partial charge in [-0.15, -0.1) is 0 Å². The van der Waals surface area contributed by atoms with Gasteiger partial charge in [0.25, 0.3) is 0 Å². The number of rotatable bonds is 7. The first-order chi connectivity index (χ1) is 8.19. The van der Waals surface area contributed by atoms with Crippen LogP contribution in [0.2, 0.25) is 0 Å². The fourth-order valence-corrected chi connectivity index (χ4v) is 1.95. The number of benzene rings is 1. The third kappa shape index (κ3) is 4.44. The van der Waals surface area contributed by atoms with E-state index >= 15 is 0 Å². The minimum absolute atomic E-state index is 0.321. The van der Waals surface area contributed by atoms with E-state index in [4.69, 9.17) is 0 Å². The zero-order valence-corrected chi connectivity index (χ0v) is 10.7. The molecule has 0 aliphatic carbocycles. The van der Waals surface area contributed by atoms with Crippen molar-refractivity contribution in [1.82, 2.24) is 4.90 Å². The lowest BCUT2D eigenvalue weighted by Gasteiger charge is -2.21. The Kier molecular flexibility index (Phi) is 6.16. The number of hydrogen-bond donors (Lipinski definition) is 1. The smallest absolute Gasteiger partial charge is 0.128 e. The summed E-state index contributed by atoms with van der Waals surface area (Å²) in [6.07, 6.45) is 0.973. The predicted molar refractivity (Wildman–Crippen MR) is 68.4 cm³/mol. The molecule has 1 unspecified atom stereocenters. The van der Waals surface area contributed by atoms with Crippen LogP contribution in [-0.4, -0.2) is 29.6 Å². The molecule has 0 aliphatic heterocycles. The summed E-state index contributed by atoms with van der Waals surface area (Å²) in [6, 6.07) is 6.44. The average molecular weight is 239 g/mol. The highest BCUT2D eigenvalue weighted by Gasteiger charge is 2.13. The van der Waals surface area contributed by atoms with E-state index in [1.54, 1.807) is 18.2 Å². The van der Waals surface area contributed by atoms with Crippen molar-refractivity contribution >= 4 is 0 Å². The number of aliphatic hydroxyl groups is 1. The van der Waals surface area contributed by atoms with Gasteiger partial charge >= 0.3 is 0 Å². The van der Waals surface area contributed by atoms with Crippen LogP contribution in [0.4, 0.5) is 4.39 Å². The Morgan fingerprint density at radius 2 is 1.94 bits per heavy atom. The third-order valence-corrected chi connectivity index (χ3v) is 2.97. The Morgan fingerprint density at radius 1 is 1.24 bits per heavy atom. The summed E-state index contributed by atoms with van der Waals surface area (Å²) in [7, 11) is 0. The number of nitrogens with zero attached hydrogens (tertiary/aromatic N) is 1. The van der Waals surface area contributed by atoms with Crippen molar-refractivity contribution in [3.05, 3.63) is 35.6 Å². The van der Waals surface area contributed by atoms with Crippen LogP contribution in [0, 0.1) is 5.82 Å². The molecule has 0 saturated carbocycles. The number of halogens is 1. The van der Waals surface area contributed by atoms with Gasteiger partial charge < -0.3 is 10.0 Å². The second-order valence-corrected chi connectivity index (χ2v) is 4.26. The van der Waals surface area contributed by atoms with Gasteiger partial charge in [-0.25, -0.2) is 4.39 Å². The molecular weight excluding hydrogens is 217 g/mol. The molecule has 1 aromatic carbocycles. The summed E-state index contributed by atoms with van der Waals surface area (Å²) >= 11 is 0. The Hall–Kier alpha value is -0.930. The summed E-state index contributed by atoms with van der Waals surface area (Å²) in [5.41, 5.74) is 0.403. The van der Waals surface area contributed by atoms with E-state index in [-0.39, 0.29) is 5.82 Å². The lowest BCUT2D eigenvalue weighted by molar-refractivity contribution is 0.140. The van der Waals surface area contributed by atoms with Crippen LogP contribution in [0.3, 0.4) is 0 Å². The molecule has 0 spiro atoms. The van der Waals surface area contributed by atoms with E-state index in [9.17, 15) is 9.50 Å². The number of hydrogen-bond acceptors (Lipinski definition) is 2. The van der Waals surface area contributed by atoms with Gasteiger partial charge in [-0.3, -0.25) is 0 Å². The molecule has 1 rings (SSSR count). The highest BCUT2D eigenvalue weighted by molar-refractivity contribution is 5.19. The van der Waals surface area contributed by atoms with Crippen LogP contribution >= 0.6 is 0 Å². The maximum Gasteiger partial charge on any atom is 0.128 e. The van der Waals surface area contributed by atoms with Crippen LogP contribution in [0.5, 0.6) is 0 Å². The summed E-state index contributed by atoms with van der Waals surface area (Å²) in [4.78, 5) is 2.27. The van der Waals surface area contributed by atoms with Gasteiger partial charge in [-0.2, -0.15) is 0 Å². The molecule has 0 saturated heterocycles. The van der Waals surface area contributed by atoms with Gasteiger partial charge in [0.2, 0.25) is 0 Å². The second-order valence-electron chi connectivity index (χ2n) is 4.26. The van der Waals surface area contributed by atoms with E-state index in [0.717, 1.165) is 26.1 Å². The molecule has 0 aliphatic rings. The van der Waals surface area contributed by atoms with Crippen LogP contribution in [0.15, 0.2) is 24.3 Å². The van der Waals surface area contributed by atoms with E-state index in [1.807, 2.05) is 0 Å². The monoisotopic (exact) mass is 239 g/mol. The molecule has 2 nitrogen and oxygen atoms in total. The van der Waals surface area contributed by atoms with Gasteiger partial charge in [0.15, 0.2) is 0 Å². The van der Waals surface area contributed by atoms with Crippen molar-refractivity contribution in [3.63, 3.8) is 0 Å². The van der Waals surface area contributed by atoms with Crippen LogP contribution in [0.1, 0.15) is 38.4 Å². The second kappa shape index (κ2) is 7.41. The van der Waals surface area contributed by atoms with Gasteiger partial charge in [0.05, 0.1) is 6.10 Å². The van der Waals surface area contributed by atoms with Gasteiger partial charge in [-0.05, 0) is 32.0 Å². The molecule has 96 valence electrons. The first-order valence-electron chi connectivity index (χ1n) is 6.33. The third-order valence-electron chi connectivity index (χ3n) is 2.97. The fraction of sp³-hybridized carbons (Fsp3) is 0.571. The standard InChI is InChI=1S/C14H22FNO/c1-3-10-16(4-2)11-9-14(17)12-7-5-6-8-13(12)15/h5-8,14,17H,3-4,9-11H2,1-2H3. The number of aliphatic hydroxyl groups excluding tert-OH is 1. The van der Waals surface area contributed by atoms with Gasteiger partial charge in [-0.1, -0.05) is 32.0 Å². The molecule has 1 atom stereocenters. The Labute approximate surface area is 103 Å². The van der Waals surface area contributed by atoms with E-state index in [2.05, 4.69) is 18.7 Å². The van der Waals surface area contributed by atoms with E-state index in [0.29, 0.717) is 12.0 Å². The van der Waals surface area contributed by atoms with E-state index in [1.165, 1.54) is 6.07 Å². The maximum atomic E-state index is 13.4. The molecular formula is C14H22FNO. The van der Waals surface area contributed by atoms with Crippen molar-refractivity contribution in [3.8, 4) is 0 Å². The summed E-state index contributed by atoms with van der Waals surface area (Å²) in [5, 5.41) is 9.95. The zero-order valence-electron chi connectivity index (χ0n) is 10.7. The largest absolute Gasteiger partial charge is 0.388 e. The molecule has 0 amide bonds. The average Bonchev–Trinajstić information content (AvgIpc) is 2.34. The highest BCUT2D eigenvalue weighted by atomic mass is 19.1. The normalized spacial score (nSPS) is 13.0.